The van der Waals surface area contributed by atoms with Crippen LogP contribution in [0.4, 0.5) is 5.88 Å². The number of nitrogens with zero attached hydrogens (tertiary/aromatic N) is 1. The summed E-state index contributed by atoms with van der Waals surface area (Å²) in [6.07, 6.45) is 1.16. The van der Waals surface area contributed by atoms with Gasteiger partial charge in [-0.3, -0.25) is 10.1 Å². The molecule has 0 aliphatic heterocycles. The molecule has 0 spiro atoms. The molecular weight excluding hydrogens is 134 g/mol. The van der Waals surface area contributed by atoms with Crippen LogP contribution < -0.4 is 0 Å². The van der Waals surface area contributed by atoms with Crippen LogP contribution in [0.1, 0.15) is 5.76 Å². The van der Waals surface area contributed by atoms with Crippen LogP contribution in [0.2, 0.25) is 0 Å². The summed E-state index contributed by atoms with van der Waals surface area (Å²) in [7, 11) is 0. The SMILES string of the molecule is [CH]=Cc1ccc([N+](=O)[O-])o1. The fourth-order valence-electron chi connectivity index (χ4n) is 0.530. The average molecular weight is 138 g/mol. The minimum atomic E-state index is -0.618. The number of rotatable bonds is 2. The summed E-state index contributed by atoms with van der Waals surface area (Å²) in [6, 6.07) is 2.68. The van der Waals surface area contributed by atoms with E-state index < -0.39 is 4.92 Å². The van der Waals surface area contributed by atoms with E-state index >= 15 is 0 Å². The molecular formula is C6H4NO3. The van der Waals surface area contributed by atoms with Crippen molar-refractivity contribution in [3.8, 4) is 0 Å². The number of nitro groups is 1. The van der Waals surface area contributed by atoms with Crippen LogP contribution in [0.25, 0.3) is 6.08 Å². The Balaban J connectivity index is 2.98. The summed E-state index contributed by atoms with van der Waals surface area (Å²) < 4.78 is 4.61. The minimum absolute atomic E-state index is 0.295. The maximum atomic E-state index is 9.99. The van der Waals surface area contributed by atoms with Gasteiger partial charge in [-0.2, -0.15) is 0 Å². The Labute approximate surface area is 56.9 Å². The third-order valence-electron chi connectivity index (χ3n) is 0.957. The average Bonchev–Trinajstić information content (AvgIpc) is 2.34. The summed E-state index contributed by atoms with van der Waals surface area (Å²) in [5.74, 6) is 0.00315. The van der Waals surface area contributed by atoms with Gasteiger partial charge < -0.3 is 4.42 Å². The van der Waals surface area contributed by atoms with Crippen LogP contribution in [0.3, 0.4) is 0 Å². The molecule has 0 bridgehead atoms. The third kappa shape index (κ3) is 1.05. The van der Waals surface area contributed by atoms with Crippen molar-refractivity contribution >= 4 is 12.0 Å². The van der Waals surface area contributed by atoms with Gasteiger partial charge in [0.05, 0.1) is 6.07 Å². The zero-order valence-electron chi connectivity index (χ0n) is 4.98. The van der Waals surface area contributed by atoms with Gasteiger partial charge in [-0.15, -0.1) is 0 Å². The summed E-state index contributed by atoms with van der Waals surface area (Å²) in [5.41, 5.74) is 0. The van der Waals surface area contributed by atoms with E-state index in [9.17, 15) is 10.1 Å². The topological polar surface area (TPSA) is 56.3 Å². The lowest BCUT2D eigenvalue weighted by molar-refractivity contribution is -0.402. The van der Waals surface area contributed by atoms with Crippen molar-refractivity contribution in [3.63, 3.8) is 0 Å². The second kappa shape index (κ2) is 2.34. The Kier molecular flexibility index (Phi) is 1.53. The van der Waals surface area contributed by atoms with Gasteiger partial charge in [0.1, 0.15) is 10.7 Å². The second-order valence-electron chi connectivity index (χ2n) is 1.60. The van der Waals surface area contributed by atoms with E-state index in [0.717, 1.165) is 6.08 Å². The fraction of sp³-hybridized carbons (Fsp3) is 0. The largest absolute Gasteiger partial charge is 0.433 e. The van der Waals surface area contributed by atoms with Crippen LogP contribution >= 0.6 is 0 Å². The summed E-state index contributed by atoms with van der Waals surface area (Å²) in [4.78, 5) is 9.37. The molecule has 0 N–H and O–H groups in total. The first kappa shape index (κ1) is 6.54. The van der Waals surface area contributed by atoms with Crippen LogP contribution in [-0.2, 0) is 0 Å². The van der Waals surface area contributed by atoms with Gasteiger partial charge in [-0.25, -0.2) is 0 Å². The molecule has 1 heterocycles. The van der Waals surface area contributed by atoms with Gasteiger partial charge in [0.2, 0.25) is 0 Å². The molecule has 0 aromatic carbocycles. The van der Waals surface area contributed by atoms with Gasteiger partial charge in [0.15, 0.2) is 0 Å². The van der Waals surface area contributed by atoms with Crippen molar-refractivity contribution in [1.29, 1.82) is 0 Å². The number of hydrogen-bond donors (Lipinski definition) is 0. The van der Waals surface area contributed by atoms with E-state index in [4.69, 9.17) is 6.58 Å². The highest BCUT2D eigenvalue weighted by Crippen LogP contribution is 2.15. The lowest BCUT2D eigenvalue weighted by Crippen LogP contribution is -1.82. The van der Waals surface area contributed by atoms with E-state index in [1.807, 2.05) is 0 Å². The van der Waals surface area contributed by atoms with E-state index in [1.165, 1.54) is 12.1 Å². The Bertz CT molecular complexity index is 264. The molecule has 0 saturated heterocycles. The highest BCUT2D eigenvalue weighted by atomic mass is 16.6. The first-order chi connectivity index (χ1) is 4.74. The Hall–Kier alpha value is -1.58. The number of hydrogen-bond acceptors (Lipinski definition) is 3. The lowest BCUT2D eigenvalue weighted by atomic mass is 10.4. The standard InChI is InChI=1S/C6H4NO3/c1-2-5-3-4-6(10-5)7(8)9/h1-4H. The zero-order valence-corrected chi connectivity index (χ0v) is 4.98. The molecule has 4 heteroatoms. The molecule has 1 aromatic rings. The molecule has 51 valence electrons. The third-order valence-corrected chi connectivity index (χ3v) is 0.957. The monoisotopic (exact) mass is 138 g/mol. The highest BCUT2D eigenvalue weighted by Gasteiger charge is 2.08. The normalized spacial score (nSPS) is 9.20. The molecule has 0 fully saturated rings. The van der Waals surface area contributed by atoms with Gasteiger partial charge >= 0.3 is 5.88 Å². The molecule has 0 amide bonds. The van der Waals surface area contributed by atoms with Crippen molar-refractivity contribution in [3.05, 3.63) is 34.6 Å². The molecule has 0 unspecified atom stereocenters. The van der Waals surface area contributed by atoms with Gasteiger partial charge in [0.25, 0.3) is 0 Å². The lowest BCUT2D eigenvalue weighted by Gasteiger charge is -1.80. The van der Waals surface area contributed by atoms with E-state index in [0.29, 0.717) is 5.76 Å². The van der Waals surface area contributed by atoms with Crippen molar-refractivity contribution in [1.82, 2.24) is 0 Å². The van der Waals surface area contributed by atoms with Crippen molar-refractivity contribution < 1.29 is 9.34 Å². The predicted molar refractivity (Wildman–Crippen MR) is 34.1 cm³/mol. The summed E-state index contributed by atoms with van der Waals surface area (Å²) in [6.45, 7) is 5.02. The van der Waals surface area contributed by atoms with Crippen LogP contribution in [-0.4, -0.2) is 4.92 Å². The molecule has 1 aromatic heterocycles. The highest BCUT2D eigenvalue weighted by molar-refractivity contribution is 5.40. The van der Waals surface area contributed by atoms with Gasteiger partial charge in [0, 0.05) is 0 Å². The van der Waals surface area contributed by atoms with Crippen LogP contribution in [0.15, 0.2) is 16.5 Å². The fourth-order valence-corrected chi connectivity index (χ4v) is 0.530. The maximum Gasteiger partial charge on any atom is 0.433 e. The number of furan rings is 1. The van der Waals surface area contributed by atoms with Gasteiger partial charge in [-0.1, -0.05) is 6.58 Å². The van der Waals surface area contributed by atoms with E-state index in [-0.39, 0.29) is 5.88 Å². The van der Waals surface area contributed by atoms with Crippen LogP contribution in [0, 0.1) is 16.7 Å². The minimum Gasteiger partial charge on any atom is -0.401 e. The molecule has 1 rings (SSSR count). The van der Waals surface area contributed by atoms with Crippen LogP contribution in [0.5, 0.6) is 0 Å². The summed E-state index contributed by atoms with van der Waals surface area (Å²) >= 11 is 0. The molecule has 4 nitrogen and oxygen atoms in total. The van der Waals surface area contributed by atoms with Gasteiger partial charge in [-0.05, 0) is 12.1 Å². The van der Waals surface area contributed by atoms with E-state index in [2.05, 4.69) is 4.42 Å². The molecule has 10 heavy (non-hydrogen) atoms. The Morgan fingerprint density at radius 2 is 2.40 bits per heavy atom. The maximum absolute atomic E-state index is 9.99. The van der Waals surface area contributed by atoms with Crippen molar-refractivity contribution in [2.45, 2.75) is 0 Å². The first-order valence-corrected chi connectivity index (χ1v) is 2.53. The summed E-state index contributed by atoms with van der Waals surface area (Å²) in [5, 5.41) is 9.99. The molecule has 1 radical (unpaired) electrons. The zero-order chi connectivity index (χ0) is 7.56. The Morgan fingerprint density at radius 3 is 2.70 bits per heavy atom. The van der Waals surface area contributed by atoms with Crippen molar-refractivity contribution in [2.75, 3.05) is 0 Å². The molecule has 0 atom stereocenters. The first-order valence-electron chi connectivity index (χ1n) is 2.53. The smallest absolute Gasteiger partial charge is 0.401 e. The van der Waals surface area contributed by atoms with E-state index in [1.54, 1.807) is 0 Å². The van der Waals surface area contributed by atoms with Crippen molar-refractivity contribution in [2.24, 2.45) is 0 Å². The quantitative estimate of drug-likeness (QED) is 0.461. The second-order valence-corrected chi connectivity index (χ2v) is 1.60. The Morgan fingerprint density at radius 1 is 1.70 bits per heavy atom. The molecule has 0 aliphatic carbocycles. The molecule has 0 aliphatic rings. The molecule has 0 saturated carbocycles. The predicted octanol–water partition coefficient (Wildman–Crippen LogP) is 1.63.